The van der Waals surface area contributed by atoms with Gasteiger partial charge in [0, 0.05) is 10.9 Å². The fourth-order valence-corrected chi connectivity index (χ4v) is 3.30. The molecule has 31 heavy (non-hydrogen) atoms. The van der Waals surface area contributed by atoms with Crippen molar-refractivity contribution in [1.82, 2.24) is 4.98 Å². The van der Waals surface area contributed by atoms with Crippen molar-refractivity contribution in [3.05, 3.63) is 90.0 Å². The number of para-hydroxylation sites is 2. The molecule has 3 aromatic carbocycles. The van der Waals surface area contributed by atoms with Gasteiger partial charge in [-0.2, -0.15) is 13.2 Å². The standard InChI is InChI=1S/C24H17F3N2O2/c1-31-16-12-10-15(11-13-16)22-14-18(17-6-2-4-8-20(17)28-22)23(30)29-21-9-5-3-7-19(21)24(25,26)27/h2-14H,1H3,(H,29,30). The van der Waals surface area contributed by atoms with Gasteiger partial charge >= 0.3 is 6.18 Å². The molecule has 0 aliphatic rings. The normalized spacial score (nSPS) is 11.4. The summed E-state index contributed by atoms with van der Waals surface area (Å²) in [4.78, 5) is 17.7. The van der Waals surface area contributed by atoms with Crippen molar-refractivity contribution in [2.75, 3.05) is 12.4 Å². The van der Waals surface area contributed by atoms with Crippen LogP contribution in [0.3, 0.4) is 0 Å². The molecular formula is C24H17F3N2O2. The first-order valence-electron chi connectivity index (χ1n) is 9.38. The highest BCUT2D eigenvalue weighted by molar-refractivity contribution is 6.13. The van der Waals surface area contributed by atoms with Gasteiger partial charge in [-0.15, -0.1) is 0 Å². The van der Waals surface area contributed by atoms with Crippen molar-refractivity contribution in [1.29, 1.82) is 0 Å². The molecule has 1 N–H and O–H groups in total. The average molecular weight is 422 g/mol. The molecule has 0 aliphatic heterocycles. The molecule has 0 bridgehead atoms. The first kappa shape index (κ1) is 20.4. The van der Waals surface area contributed by atoms with E-state index in [1.54, 1.807) is 61.7 Å². The maximum atomic E-state index is 13.3. The smallest absolute Gasteiger partial charge is 0.418 e. The summed E-state index contributed by atoms with van der Waals surface area (Å²) in [5.74, 6) is 0.0244. The molecule has 0 spiro atoms. The third kappa shape index (κ3) is 4.21. The molecule has 4 aromatic rings. The number of nitrogens with one attached hydrogen (secondary N) is 1. The van der Waals surface area contributed by atoms with Crippen LogP contribution < -0.4 is 10.1 Å². The number of carbonyl (C=O) groups is 1. The Morgan fingerprint density at radius 2 is 1.61 bits per heavy atom. The number of hydrogen-bond acceptors (Lipinski definition) is 3. The summed E-state index contributed by atoms with van der Waals surface area (Å²) in [6.45, 7) is 0. The third-order valence-corrected chi connectivity index (χ3v) is 4.83. The third-order valence-electron chi connectivity index (χ3n) is 4.83. The number of fused-ring (bicyclic) bond motifs is 1. The van der Waals surface area contributed by atoms with Gasteiger partial charge in [-0.3, -0.25) is 4.79 Å². The van der Waals surface area contributed by atoms with E-state index in [-0.39, 0.29) is 11.3 Å². The first-order chi connectivity index (χ1) is 14.9. The molecule has 7 heteroatoms. The largest absolute Gasteiger partial charge is 0.497 e. The number of alkyl halides is 3. The fraction of sp³-hybridized carbons (Fsp3) is 0.0833. The number of benzene rings is 3. The van der Waals surface area contributed by atoms with Crippen molar-refractivity contribution in [2.24, 2.45) is 0 Å². The second-order valence-corrected chi connectivity index (χ2v) is 6.80. The van der Waals surface area contributed by atoms with Crippen LogP contribution in [0.4, 0.5) is 18.9 Å². The zero-order valence-electron chi connectivity index (χ0n) is 16.4. The van der Waals surface area contributed by atoms with E-state index in [9.17, 15) is 18.0 Å². The zero-order chi connectivity index (χ0) is 22.0. The Hall–Kier alpha value is -3.87. The summed E-state index contributed by atoms with van der Waals surface area (Å²) in [6.07, 6.45) is -4.58. The highest BCUT2D eigenvalue weighted by Crippen LogP contribution is 2.35. The number of anilines is 1. The lowest BCUT2D eigenvalue weighted by molar-refractivity contribution is -0.136. The van der Waals surface area contributed by atoms with Crippen LogP contribution in [0.15, 0.2) is 78.9 Å². The summed E-state index contributed by atoms with van der Waals surface area (Å²) in [7, 11) is 1.56. The molecule has 0 saturated heterocycles. The van der Waals surface area contributed by atoms with Gasteiger partial charge in [-0.1, -0.05) is 30.3 Å². The second kappa shape index (κ2) is 8.10. The Morgan fingerprint density at radius 1 is 0.935 bits per heavy atom. The SMILES string of the molecule is COc1ccc(-c2cc(C(=O)Nc3ccccc3C(F)(F)F)c3ccccc3n2)cc1. The second-order valence-electron chi connectivity index (χ2n) is 6.80. The van der Waals surface area contributed by atoms with Crippen molar-refractivity contribution in [2.45, 2.75) is 6.18 Å². The van der Waals surface area contributed by atoms with Crippen molar-refractivity contribution >= 4 is 22.5 Å². The van der Waals surface area contributed by atoms with Gasteiger partial charge in [-0.05, 0) is 48.5 Å². The average Bonchev–Trinajstić information content (AvgIpc) is 2.78. The monoisotopic (exact) mass is 422 g/mol. The quantitative estimate of drug-likeness (QED) is 0.427. The van der Waals surface area contributed by atoms with Gasteiger partial charge in [0.1, 0.15) is 5.75 Å². The highest BCUT2D eigenvalue weighted by Gasteiger charge is 2.33. The molecule has 4 nitrogen and oxygen atoms in total. The van der Waals surface area contributed by atoms with Gasteiger partial charge < -0.3 is 10.1 Å². The lowest BCUT2D eigenvalue weighted by Crippen LogP contribution is -2.17. The van der Waals surface area contributed by atoms with Crippen molar-refractivity contribution in [3.63, 3.8) is 0 Å². The van der Waals surface area contributed by atoms with Crippen LogP contribution in [0.25, 0.3) is 22.2 Å². The van der Waals surface area contributed by atoms with Crippen molar-refractivity contribution in [3.8, 4) is 17.0 Å². The van der Waals surface area contributed by atoms with E-state index < -0.39 is 17.6 Å². The van der Waals surface area contributed by atoms with Crippen LogP contribution in [0.2, 0.25) is 0 Å². The number of carbonyl (C=O) groups excluding carboxylic acids is 1. The Kier molecular flexibility index (Phi) is 5.33. The Morgan fingerprint density at radius 3 is 2.32 bits per heavy atom. The fourth-order valence-electron chi connectivity index (χ4n) is 3.30. The minimum Gasteiger partial charge on any atom is -0.497 e. The first-order valence-corrected chi connectivity index (χ1v) is 9.38. The molecule has 156 valence electrons. The molecule has 1 amide bonds. The maximum Gasteiger partial charge on any atom is 0.418 e. The molecule has 0 unspecified atom stereocenters. The van der Waals surface area contributed by atoms with Gasteiger partial charge in [-0.25, -0.2) is 4.98 Å². The Bertz CT molecular complexity index is 1250. The molecule has 4 rings (SSSR count). The summed E-state index contributed by atoms with van der Waals surface area (Å²) in [5, 5.41) is 2.96. The van der Waals surface area contributed by atoms with E-state index in [4.69, 9.17) is 4.74 Å². The minimum absolute atomic E-state index is 0.230. The summed E-state index contributed by atoms with van der Waals surface area (Å²) >= 11 is 0. The number of rotatable bonds is 4. The van der Waals surface area contributed by atoms with E-state index in [2.05, 4.69) is 10.3 Å². The van der Waals surface area contributed by atoms with Crippen LogP contribution in [0.1, 0.15) is 15.9 Å². The molecule has 0 aliphatic carbocycles. The molecule has 1 heterocycles. The molecule has 0 fully saturated rings. The molecule has 1 aromatic heterocycles. The van der Waals surface area contributed by atoms with Gasteiger partial charge in [0.2, 0.25) is 0 Å². The molecule has 0 saturated carbocycles. The maximum absolute atomic E-state index is 13.3. The number of methoxy groups -OCH3 is 1. The predicted molar refractivity (Wildman–Crippen MR) is 113 cm³/mol. The number of pyridine rings is 1. The van der Waals surface area contributed by atoms with E-state index in [1.807, 2.05) is 0 Å². The number of amides is 1. The molecule has 0 atom stereocenters. The number of ether oxygens (including phenoxy) is 1. The Labute approximate surface area is 176 Å². The van der Waals surface area contributed by atoms with Crippen LogP contribution >= 0.6 is 0 Å². The van der Waals surface area contributed by atoms with Gasteiger partial charge in [0.05, 0.1) is 35.1 Å². The van der Waals surface area contributed by atoms with Crippen LogP contribution in [0, 0.1) is 0 Å². The van der Waals surface area contributed by atoms with E-state index in [0.29, 0.717) is 22.3 Å². The highest BCUT2D eigenvalue weighted by atomic mass is 19.4. The molecule has 0 radical (unpaired) electrons. The van der Waals surface area contributed by atoms with Crippen LogP contribution in [-0.2, 0) is 6.18 Å². The number of hydrogen-bond donors (Lipinski definition) is 1. The lowest BCUT2D eigenvalue weighted by atomic mass is 10.0. The molecular weight excluding hydrogens is 405 g/mol. The lowest BCUT2D eigenvalue weighted by Gasteiger charge is -2.15. The number of halogens is 3. The van der Waals surface area contributed by atoms with E-state index in [1.165, 1.54) is 18.2 Å². The summed E-state index contributed by atoms with van der Waals surface area (Å²) in [5.41, 5.74) is 0.856. The topological polar surface area (TPSA) is 51.2 Å². The van der Waals surface area contributed by atoms with Crippen LogP contribution in [0.5, 0.6) is 5.75 Å². The van der Waals surface area contributed by atoms with E-state index >= 15 is 0 Å². The predicted octanol–water partition coefficient (Wildman–Crippen LogP) is 6.18. The number of nitrogens with zero attached hydrogens (tertiary/aromatic N) is 1. The van der Waals surface area contributed by atoms with Crippen molar-refractivity contribution < 1.29 is 22.7 Å². The number of aromatic nitrogens is 1. The van der Waals surface area contributed by atoms with Gasteiger partial charge in [0.15, 0.2) is 0 Å². The van der Waals surface area contributed by atoms with Gasteiger partial charge in [0.25, 0.3) is 5.91 Å². The summed E-state index contributed by atoms with van der Waals surface area (Å²) in [6, 6.07) is 20.6. The zero-order valence-corrected chi connectivity index (χ0v) is 16.4. The van der Waals surface area contributed by atoms with Crippen LogP contribution in [-0.4, -0.2) is 18.0 Å². The van der Waals surface area contributed by atoms with E-state index in [0.717, 1.165) is 11.6 Å². The Balaban J connectivity index is 1.79. The minimum atomic E-state index is -4.58. The summed E-state index contributed by atoms with van der Waals surface area (Å²) < 4.78 is 45.2.